The van der Waals surface area contributed by atoms with Crippen LogP contribution in [0.15, 0.2) is 42.0 Å². The van der Waals surface area contributed by atoms with Crippen LogP contribution in [0.4, 0.5) is 0 Å². The molecule has 0 unspecified atom stereocenters. The predicted molar refractivity (Wildman–Crippen MR) is 119 cm³/mol. The Hall–Kier alpha value is -2.58. The zero-order valence-electron chi connectivity index (χ0n) is 18.1. The Morgan fingerprint density at radius 1 is 1.19 bits per heavy atom. The number of carbonyl (C=O) groups excluding carboxylic acids is 1. The van der Waals surface area contributed by atoms with E-state index in [1.54, 1.807) is 11.3 Å². The Balaban J connectivity index is 1.45. The first kappa shape index (κ1) is 20.3. The number of likely N-dealkylation sites (tertiary alicyclic amines) is 2. The lowest BCUT2D eigenvalue weighted by Crippen LogP contribution is -2.52. The maximum Gasteiger partial charge on any atom is 0.231 e. The van der Waals surface area contributed by atoms with Crippen molar-refractivity contribution in [3.05, 3.63) is 64.1 Å². The number of pyridine rings is 1. The van der Waals surface area contributed by atoms with Crippen molar-refractivity contribution in [3.63, 3.8) is 0 Å². The summed E-state index contributed by atoms with van der Waals surface area (Å²) < 4.78 is 1.94. The second-order valence-electron chi connectivity index (χ2n) is 8.77. The zero-order valence-corrected chi connectivity index (χ0v) is 18.9. The Labute approximate surface area is 186 Å². The molecule has 0 aromatic carbocycles. The molecule has 5 rings (SSSR count). The largest absolute Gasteiger partial charge is 0.336 e. The molecule has 162 valence electrons. The van der Waals surface area contributed by atoms with Crippen LogP contribution in [0, 0.1) is 12.3 Å². The van der Waals surface area contributed by atoms with Crippen molar-refractivity contribution in [2.45, 2.75) is 38.8 Å². The molecule has 0 saturated carbocycles. The summed E-state index contributed by atoms with van der Waals surface area (Å²) in [6.07, 6.45) is 5.60. The van der Waals surface area contributed by atoms with Crippen molar-refractivity contribution in [2.24, 2.45) is 12.5 Å². The highest BCUT2D eigenvalue weighted by atomic mass is 32.1. The summed E-state index contributed by atoms with van der Waals surface area (Å²) in [6.45, 7) is 5.77. The first-order valence-electron chi connectivity index (χ1n) is 10.9. The molecule has 5 heterocycles. The number of aromatic nitrogens is 4. The molecule has 0 N–H and O–H groups in total. The maximum atomic E-state index is 14.0. The van der Waals surface area contributed by atoms with Crippen LogP contribution in [0.3, 0.4) is 0 Å². The highest BCUT2D eigenvalue weighted by Gasteiger charge is 2.55. The number of nitrogens with zero attached hydrogens (tertiary/aromatic N) is 6. The number of aryl methyl sites for hydroxylation is 2. The van der Waals surface area contributed by atoms with Crippen molar-refractivity contribution in [2.75, 3.05) is 19.6 Å². The van der Waals surface area contributed by atoms with E-state index in [1.807, 2.05) is 48.1 Å². The predicted octanol–water partition coefficient (Wildman–Crippen LogP) is 2.99. The quantitative estimate of drug-likeness (QED) is 0.615. The van der Waals surface area contributed by atoms with Crippen molar-refractivity contribution in [1.82, 2.24) is 29.5 Å². The van der Waals surface area contributed by atoms with Gasteiger partial charge in [-0.2, -0.15) is 5.10 Å². The smallest absolute Gasteiger partial charge is 0.231 e. The summed E-state index contributed by atoms with van der Waals surface area (Å²) in [5.74, 6) is 0.385. The van der Waals surface area contributed by atoms with Crippen molar-refractivity contribution < 1.29 is 4.79 Å². The Morgan fingerprint density at radius 2 is 2.10 bits per heavy atom. The third-order valence-corrected chi connectivity index (χ3v) is 7.55. The summed E-state index contributed by atoms with van der Waals surface area (Å²) in [5.41, 5.74) is 2.75. The summed E-state index contributed by atoms with van der Waals surface area (Å²) >= 11 is 1.64. The lowest BCUT2D eigenvalue weighted by atomic mass is 9.70. The van der Waals surface area contributed by atoms with E-state index in [0.29, 0.717) is 6.54 Å². The van der Waals surface area contributed by atoms with Gasteiger partial charge in [0.1, 0.15) is 0 Å². The monoisotopic (exact) mass is 436 g/mol. The molecule has 2 aliphatic rings. The van der Waals surface area contributed by atoms with Gasteiger partial charge in [0.25, 0.3) is 0 Å². The molecule has 0 aliphatic carbocycles. The number of piperidine rings is 1. The van der Waals surface area contributed by atoms with Gasteiger partial charge < -0.3 is 4.90 Å². The summed E-state index contributed by atoms with van der Waals surface area (Å²) in [7, 11) is 1.98. The first-order chi connectivity index (χ1) is 15.0. The third-order valence-electron chi connectivity index (χ3n) is 6.72. The number of hydrogen-bond donors (Lipinski definition) is 0. The van der Waals surface area contributed by atoms with E-state index in [2.05, 4.69) is 37.5 Å². The molecule has 1 spiro atoms. The van der Waals surface area contributed by atoms with Crippen LogP contribution < -0.4 is 0 Å². The summed E-state index contributed by atoms with van der Waals surface area (Å²) in [6, 6.07) is 8.10. The Morgan fingerprint density at radius 3 is 2.81 bits per heavy atom. The van der Waals surface area contributed by atoms with Gasteiger partial charge >= 0.3 is 0 Å². The van der Waals surface area contributed by atoms with Crippen LogP contribution in [0.2, 0.25) is 0 Å². The van der Waals surface area contributed by atoms with Gasteiger partial charge in [-0.3, -0.25) is 19.4 Å². The fourth-order valence-corrected chi connectivity index (χ4v) is 5.96. The first-order valence-corrected chi connectivity index (χ1v) is 11.7. The van der Waals surface area contributed by atoms with Gasteiger partial charge in [-0.05, 0) is 38.0 Å². The molecular formula is C23H28N6OS. The van der Waals surface area contributed by atoms with Crippen LogP contribution in [0.1, 0.15) is 40.8 Å². The standard InChI is InChI=1S/C23H28N6OS/c1-17-26-19(15-31-17)13-29-11-5-8-23(22(29)30)16-28(12-18-6-3-4-9-24-18)14-20(23)21-7-10-25-27(21)2/h3-4,6-7,9-10,15,20H,5,8,11-14,16H2,1-2H3/t20-,23+/m0/s1. The fraction of sp³-hybridized carbons (Fsp3) is 0.478. The minimum Gasteiger partial charge on any atom is -0.336 e. The number of hydrogen-bond acceptors (Lipinski definition) is 6. The van der Waals surface area contributed by atoms with Crippen LogP contribution >= 0.6 is 11.3 Å². The van der Waals surface area contributed by atoms with Gasteiger partial charge in [-0.1, -0.05) is 6.07 Å². The van der Waals surface area contributed by atoms with Crippen molar-refractivity contribution in [1.29, 1.82) is 0 Å². The second kappa shape index (κ2) is 8.16. The summed E-state index contributed by atoms with van der Waals surface area (Å²) in [5, 5.41) is 7.53. The molecule has 31 heavy (non-hydrogen) atoms. The average molecular weight is 437 g/mol. The van der Waals surface area contributed by atoms with E-state index < -0.39 is 5.41 Å². The summed E-state index contributed by atoms with van der Waals surface area (Å²) in [4.78, 5) is 27.5. The normalized spacial score (nSPS) is 24.4. The van der Waals surface area contributed by atoms with Gasteiger partial charge in [0.05, 0.1) is 28.4 Å². The van der Waals surface area contributed by atoms with Gasteiger partial charge in [-0.15, -0.1) is 11.3 Å². The number of carbonyl (C=O) groups is 1. The van der Waals surface area contributed by atoms with E-state index in [9.17, 15) is 4.79 Å². The van der Waals surface area contributed by atoms with Crippen LogP contribution in [-0.4, -0.2) is 55.1 Å². The van der Waals surface area contributed by atoms with E-state index >= 15 is 0 Å². The van der Waals surface area contributed by atoms with Crippen LogP contribution in [-0.2, 0) is 24.9 Å². The van der Waals surface area contributed by atoms with E-state index in [1.165, 1.54) is 0 Å². The molecular weight excluding hydrogens is 408 g/mol. The molecule has 2 aliphatic heterocycles. The van der Waals surface area contributed by atoms with Crippen LogP contribution in [0.5, 0.6) is 0 Å². The molecule has 3 aromatic rings. The van der Waals surface area contributed by atoms with E-state index in [4.69, 9.17) is 0 Å². The van der Waals surface area contributed by atoms with Gasteiger partial charge in [-0.25, -0.2) is 4.98 Å². The average Bonchev–Trinajstić information content (AvgIpc) is 3.46. The molecule has 3 aromatic heterocycles. The number of amides is 1. The lowest BCUT2D eigenvalue weighted by molar-refractivity contribution is -0.147. The fourth-order valence-electron chi connectivity index (χ4n) is 5.36. The molecule has 0 radical (unpaired) electrons. The van der Waals surface area contributed by atoms with E-state index in [-0.39, 0.29) is 11.8 Å². The van der Waals surface area contributed by atoms with Gasteiger partial charge in [0.15, 0.2) is 0 Å². The zero-order chi connectivity index (χ0) is 21.4. The molecule has 8 heteroatoms. The lowest BCUT2D eigenvalue weighted by Gasteiger charge is -2.42. The minimum absolute atomic E-state index is 0.121. The van der Waals surface area contributed by atoms with Gasteiger partial charge in [0.2, 0.25) is 5.91 Å². The van der Waals surface area contributed by atoms with E-state index in [0.717, 1.165) is 61.1 Å². The van der Waals surface area contributed by atoms with Crippen LogP contribution in [0.25, 0.3) is 0 Å². The van der Waals surface area contributed by atoms with Gasteiger partial charge in [0, 0.05) is 62.6 Å². The number of thiazole rings is 1. The molecule has 2 fully saturated rings. The SMILES string of the molecule is Cc1nc(CN2CCC[C@]3(CN(Cc4ccccn4)C[C@H]3c3ccnn3C)C2=O)cs1. The second-order valence-corrected chi connectivity index (χ2v) is 9.83. The topological polar surface area (TPSA) is 67.2 Å². The number of rotatable bonds is 5. The molecule has 2 saturated heterocycles. The van der Waals surface area contributed by atoms with Crippen molar-refractivity contribution >= 4 is 17.2 Å². The molecule has 1 amide bonds. The maximum absolute atomic E-state index is 14.0. The molecule has 2 atom stereocenters. The molecule has 0 bridgehead atoms. The third kappa shape index (κ3) is 3.78. The highest BCUT2D eigenvalue weighted by Crippen LogP contribution is 2.49. The minimum atomic E-state index is -0.425. The Kier molecular flexibility index (Phi) is 5.35. The molecule has 7 nitrogen and oxygen atoms in total. The highest BCUT2D eigenvalue weighted by molar-refractivity contribution is 7.09. The Bertz CT molecular complexity index is 1060. The van der Waals surface area contributed by atoms with Crippen molar-refractivity contribution in [3.8, 4) is 0 Å².